The van der Waals surface area contributed by atoms with E-state index in [1.807, 2.05) is 0 Å². The van der Waals surface area contributed by atoms with E-state index in [4.69, 9.17) is 39.3 Å². The van der Waals surface area contributed by atoms with Gasteiger partial charge in [0.2, 0.25) is 11.8 Å². The first-order valence-corrected chi connectivity index (χ1v) is 24.0. The first kappa shape index (κ1) is 65.8. The number of likely N-dealkylation sites (tertiary alicyclic amines) is 2. The summed E-state index contributed by atoms with van der Waals surface area (Å²) in [6.45, 7) is 11.0. The monoisotopic (exact) mass is 1140 g/mol. The number of hydrogen-bond donors (Lipinski definition) is 2. The van der Waals surface area contributed by atoms with Crippen LogP contribution in [0.2, 0.25) is 0 Å². The van der Waals surface area contributed by atoms with Crippen LogP contribution in [0.15, 0.2) is 60.9 Å². The summed E-state index contributed by atoms with van der Waals surface area (Å²) in [6.07, 6.45) is -11.1. The Bertz CT molecular complexity index is 2590. The third kappa shape index (κ3) is 21.0. The van der Waals surface area contributed by atoms with E-state index in [1.165, 1.54) is 19.2 Å². The summed E-state index contributed by atoms with van der Waals surface area (Å²) in [5.41, 5.74) is 5.17. The molecule has 27 heteroatoms. The predicted molar refractivity (Wildman–Crippen MR) is 268 cm³/mol. The molecule has 6 heterocycles. The summed E-state index contributed by atoms with van der Waals surface area (Å²) in [5.74, 6) is -1.02. The van der Waals surface area contributed by atoms with E-state index in [0.717, 1.165) is 34.3 Å². The van der Waals surface area contributed by atoms with Crippen molar-refractivity contribution in [3.63, 3.8) is 0 Å². The standard InChI is InChI=1S/C26H31F4N3O5.C15H16F3N3O2.C10H16FNO4.ClH/c1-25(2,3)38-24(35)33-15-18(27)13-20(33)21(34)7-6-19-11-17(12-23(32-19)37-10-9-36-4)16-5-8-22(31-14-16)26(28,29)30;1-22-4-5-23-14-7-11(6-12(8-19)21-14)10-2-3-13(20-9-10)15(16,17)18;1-10(2,3)16-9(15)12-5-6(11)4-7(12)8(13)14;/h5,8,11-12,14,18,20H,6-7,9-10,13,15H2,1-4H3;2-3,6-7,9H,4-5,8,19H2,1H3;6-7H,4-5H2,1-3H3,(H,13,14);1H/t18-,20+;;6-,7+;/m1.1./s1. The highest BCUT2D eigenvalue weighted by Gasteiger charge is 2.43. The number of aryl methyl sites for hydroxylation is 1. The lowest BCUT2D eigenvalue weighted by Crippen LogP contribution is -2.43. The third-order valence-electron chi connectivity index (χ3n) is 10.8. The average molecular weight is 1140 g/mol. The third-order valence-corrected chi connectivity index (χ3v) is 10.8. The first-order valence-electron chi connectivity index (χ1n) is 24.0. The van der Waals surface area contributed by atoms with Gasteiger partial charge in [0.25, 0.3) is 0 Å². The Morgan fingerprint density at radius 1 is 0.628 bits per heavy atom. The molecule has 2 aliphatic heterocycles. The van der Waals surface area contributed by atoms with Crippen molar-refractivity contribution < 1.29 is 87.8 Å². The zero-order chi connectivity index (χ0) is 57.5. The highest BCUT2D eigenvalue weighted by molar-refractivity contribution is 5.88. The lowest BCUT2D eigenvalue weighted by molar-refractivity contribution is -0.142. The van der Waals surface area contributed by atoms with Gasteiger partial charge in [-0.2, -0.15) is 26.3 Å². The van der Waals surface area contributed by atoms with Crippen LogP contribution in [0, 0.1) is 0 Å². The zero-order valence-corrected chi connectivity index (χ0v) is 44.9. The number of ether oxygens (including phenoxy) is 6. The lowest BCUT2D eigenvalue weighted by Gasteiger charge is -2.27. The number of pyridine rings is 4. The fraction of sp³-hybridized carbons (Fsp3) is 0.529. The summed E-state index contributed by atoms with van der Waals surface area (Å²) >= 11 is 0. The van der Waals surface area contributed by atoms with Gasteiger partial charge in [0.15, 0.2) is 5.78 Å². The van der Waals surface area contributed by atoms with E-state index in [1.54, 1.807) is 72.9 Å². The molecule has 0 unspecified atom stereocenters. The number of carboxylic acid groups (broad SMARTS) is 1. The Balaban J connectivity index is 0.000000339. The van der Waals surface area contributed by atoms with Crippen LogP contribution in [-0.4, -0.2) is 148 Å². The van der Waals surface area contributed by atoms with Crippen LogP contribution < -0.4 is 15.2 Å². The molecule has 2 fully saturated rings. The van der Waals surface area contributed by atoms with Crippen LogP contribution in [0.5, 0.6) is 11.8 Å². The smallest absolute Gasteiger partial charge is 0.433 e. The summed E-state index contributed by atoms with van der Waals surface area (Å²) in [6, 6.07) is 8.87. The van der Waals surface area contributed by atoms with Gasteiger partial charge in [0.05, 0.1) is 38.0 Å². The molecule has 4 atom stereocenters. The number of halogens is 9. The van der Waals surface area contributed by atoms with Crippen LogP contribution >= 0.6 is 12.4 Å². The molecular formula is C51H64ClF8N7O11. The minimum Gasteiger partial charge on any atom is -0.480 e. The number of carbonyl (C=O) groups excluding carboxylic acids is 3. The molecule has 3 N–H and O–H groups in total. The fourth-order valence-corrected chi connectivity index (χ4v) is 7.33. The topological polar surface area (TPSA) is 228 Å². The molecule has 2 amide bonds. The van der Waals surface area contributed by atoms with Gasteiger partial charge in [-0.15, -0.1) is 12.4 Å². The number of ketones is 1. The van der Waals surface area contributed by atoms with Crippen molar-refractivity contribution in [1.82, 2.24) is 29.7 Å². The van der Waals surface area contributed by atoms with Gasteiger partial charge in [-0.25, -0.2) is 33.1 Å². The number of hydrogen-bond acceptors (Lipinski definition) is 15. The number of alkyl halides is 8. The van der Waals surface area contributed by atoms with E-state index in [0.29, 0.717) is 52.7 Å². The number of amides is 2. The molecule has 0 spiro atoms. The number of methoxy groups -OCH3 is 2. The fourth-order valence-electron chi connectivity index (χ4n) is 7.33. The molecule has 0 aromatic carbocycles. The number of nitrogens with zero attached hydrogens (tertiary/aromatic N) is 6. The van der Waals surface area contributed by atoms with Gasteiger partial charge in [-0.1, -0.05) is 12.1 Å². The number of aromatic nitrogens is 4. The molecule has 18 nitrogen and oxygen atoms in total. The van der Waals surface area contributed by atoms with Crippen LogP contribution in [0.4, 0.5) is 44.7 Å². The number of nitrogens with two attached hydrogens (primary N) is 1. The summed E-state index contributed by atoms with van der Waals surface area (Å²) in [4.78, 5) is 65.5. The Kier molecular flexibility index (Phi) is 24.4. The van der Waals surface area contributed by atoms with Gasteiger partial charge >= 0.3 is 30.5 Å². The van der Waals surface area contributed by atoms with Crippen molar-refractivity contribution >= 4 is 36.3 Å². The highest BCUT2D eigenvalue weighted by Crippen LogP contribution is 2.33. The average Bonchev–Trinajstić information content (AvgIpc) is 3.95. The largest absolute Gasteiger partial charge is 0.480 e. The molecule has 6 rings (SSSR count). The van der Waals surface area contributed by atoms with Crippen molar-refractivity contribution in [2.45, 2.75) is 122 Å². The number of rotatable bonds is 16. The summed E-state index contributed by atoms with van der Waals surface area (Å²) in [7, 11) is 3.05. The predicted octanol–water partition coefficient (Wildman–Crippen LogP) is 9.52. The number of Topliss-reactive ketones (excluding diaryl/α,β-unsaturated/α-hetero) is 1. The maximum Gasteiger partial charge on any atom is 0.433 e. The van der Waals surface area contributed by atoms with Crippen LogP contribution in [0.1, 0.15) is 83.6 Å². The second-order valence-electron chi connectivity index (χ2n) is 19.4. The quantitative estimate of drug-likeness (QED) is 0.0786. The molecule has 0 radical (unpaired) electrons. The molecule has 0 bridgehead atoms. The van der Waals surface area contributed by atoms with E-state index < -0.39 is 77.5 Å². The summed E-state index contributed by atoms with van der Waals surface area (Å²) in [5, 5.41) is 8.83. The molecule has 78 heavy (non-hydrogen) atoms. The molecule has 0 saturated carbocycles. The normalized spacial score (nSPS) is 17.4. The van der Waals surface area contributed by atoms with Crippen molar-refractivity contribution in [2.75, 3.05) is 53.7 Å². The molecule has 2 saturated heterocycles. The minimum absolute atomic E-state index is 0. The molecule has 4 aromatic rings. The van der Waals surface area contributed by atoms with Crippen LogP contribution in [0.3, 0.4) is 0 Å². The molecule has 0 aliphatic carbocycles. The van der Waals surface area contributed by atoms with Crippen LogP contribution in [0.25, 0.3) is 22.3 Å². The SMILES string of the molecule is CC(C)(C)OC(=O)N1C[C@H](F)C[C@H]1C(=O)O.COCCOc1cc(-c2ccc(C(F)(F)F)nc2)cc(CCC(=O)[C@@H]2C[C@@H](F)CN2C(=O)OC(C)(C)C)n1.COCCOc1cc(-c2ccc(C(F)(F)F)nc2)cc(CN)n1.Cl. The molecule has 432 valence electrons. The molecular weight excluding hydrogens is 1070 g/mol. The van der Waals surface area contributed by atoms with Crippen molar-refractivity contribution in [3.8, 4) is 34.0 Å². The van der Waals surface area contributed by atoms with E-state index in [-0.39, 0.29) is 82.6 Å². The number of aliphatic carboxylic acids is 1. The van der Waals surface area contributed by atoms with E-state index in [2.05, 4.69) is 19.9 Å². The summed E-state index contributed by atoms with van der Waals surface area (Å²) < 4.78 is 135. The van der Waals surface area contributed by atoms with Crippen LogP contribution in [-0.2, 0) is 53.9 Å². The van der Waals surface area contributed by atoms with Gasteiger partial charge in [-0.3, -0.25) is 24.6 Å². The Morgan fingerprint density at radius 2 is 1.04 bits per heavy atom. The number of carbonyl (C=O) groups is 4. The first-order chi connectivity index (χ1) is 35.9. The zero-order valence-electron chi connectivity index (χ0n) is 44.1. The second kappa shape index (κ2) is 28.9. The van der Waals surface area contributed by atoms with E-state index >= 15 is 0 Å². The Hall–Kier alpha value is -6.51. The Morgan fingerprint density at radius 3 is 1.41 bits per heavy atom. The second-order valence-corrected chi connectivity index (χ2v) is 19.4. The van der Waals surface area contributed by atoms with Gasteiger partial charge in [-0.05, 0) is 83.4 Å². The van der Waals surface area contributed by atoms with Gasteiger partial charge < -0.3 is 39.3 Å². The van der Waals surface area contributed by atoms with Crippen molar-refractivity contribution in [1.29, 1.82) is 0 Å². The highest BCUT2D eigenvalue weighted by atomic mass is 35.5. The van der Waals surface area contributed by atoms with Gasteiger partial charge in [0, 0.05) is 81.4 Å². The minimum atomic E-state index is -4.57. The Labute approximate surface area is 451 Å². The number of carboxylic acids is 1. The van der Waals surface area contributed by atoms with Crippen molar-refractivity contribution in [3.05, 3.63) is 83.7 Å². The molecule has 2 aliphatic rings. The van der Waals surface area contributed by atoms with E-state index in [9.17, 15) is 54.3 Å². The maximum absolute atomic E-state index is 14.2. The van der Waals surface area contributed by atoms with Crippen molar-refractivity contribution in [2.24, 2.45) is 5.73 Å². The lowest BCUT2D eigenvalue weighted by atomic mass is 10.0. The maximum atomic E-state index is 14.2. The molecule has 4 aromatic heterocycles. The van der Waals surface area contributed by atoms with Gasteiger partial charge in [0.1, 0.15) is 54.2 Å².